The zero-order valence-electron chi connectivity index (χ0n) is 13.5. The summed E-state index contributed by atoms with van der Waals surface area (Å²) in [5.74, 6) is 0. The van der Waals surface area contributed by atoms with E-state index in [0.717, 1.165) is 0 Å². The van der Waals surface area contributed by atoms with E-state index in [2.05, 4.69) is 84.9 Å². The van der Waals surface area contributed by atoms with Gasteiger partial charge in [-0.05, 0) is 44.5 Å². The second kappa shape index (κ2) is 4.81. The number of benzene rings is 5. The molecular formula is C24H14S. The van der Waals surface area contributed by atoms with Crippen LogP contribution in [-0.4, -0.2) is 0 Å². The minimum absolute atomic E-state index is 1.30. The van der Waals surface area contributed by atoms with Gasteiger partial charge in [0.25, 0.3) is 0 Å². The first kappa shape index (κ1) is 13.4. The Labute approximate surface area is 148 Å². The summed E-state index contributed by atoms with van der Waals surface area (Å²) in [5, 5.41) is 10.8. The maximum atomic E-state index is 2.28. The molecule has 0 radical (unpaired) electrons. The van der Waals surface area contributed by atoms with Crippen molar-refractivity contribution in [2.75, 3.05) is 0 Å². The number of rotatable bonds is 0. The van der Waals surface area contributed by atoms with Crippen LogP contribution in [0, 0.1) is 0 Å². The van der Waals surface area contributed by atoms with Crippen molar-refractivity contribution in [3.05, 3.63) is 84.9 Å². The highest BCUT2D eigenvalue weighted by molar-refractivity contribution is 7.26. The Kier molecular flexibility index (Phi) is 2.58. The van der Waals surface area contributed by atoms with Gasteiger partial charge in [-0.2, -0.15) is 0 Å². The Morgan fingerprint density at radius 3 is 1.92 bits per heavy atom. The van der Waals surface area contributed by atoms with Crippen molar-refractivity contribution in [2.45, 2.75) is 0 Å². The van der Waals surface area contributed by atoms with Gasteiger partial charge in [0.05, 0.1) is 0 Å². The summed E-state index contributed by atoms with van der Waals surface area (Å²) in [4.78, 5) is 0. The summed E-state index contributed by atoms with van der Waals surface area (Å²) in [6, 6.07) is 31.1. The third-order valence-electron chi connectivity index (χ3n) is 5.23. The number of fused-ring (bicyclic) bond motifs is 9. The molecule has 5 aromatic carbocycles. The molecule has 116 valence electrons. The molecule has 1 heterocycles. The molecule has 6 aromatic rings. The zero-order chi connectivity index (χ0) is 16.4. The summed E-state index contributed by atoms with van der Waals surface area (Å²) in [6.07, 6.45) is 0. The van der Waals surface area contributed by atoms with Crippen molar-refractivity contribution < 1.29 is 0 Å². The van der Waals surface area contributed by atoms with Gasteiger partial charge in [-0.25, -0.2) is 0 Å². The zero-order valence-corrected chi connectivity index (χ0v) is 14.3. The molecule has 0 saturated heterocycles. The Balaban J connectivity index is 2.03. The van der Waals surface area contributed by atoms with Crippen LogP contribution >= 0.6 is 11.3 Å². The molecule has 0 N–H and O–H groups in total. The lowest BCUT2D eigenvalue weighted by Crippen LogP contribution is -1.82. The first-order chi connectivity index (χ1) is 12.4. The van der Waals surface area contributed by atoms with Crippen LogP contribution in [-0.2, 0) is 0 Å². The lowest BCUT2D eigenvalue weighted by molar-refractivity contribution is 1.80. The molecule has 0 amide bonds. The van der Waals surface area contributed by atoms with E-state index in [-0.39, 0.29) is 0 Å². The molecule has 0 saturated carbocycles. The average molecular weight is 334 g/mol. The fraction of sp³-hybridized carbons (Fsp3) is 0. The minimum Gasteiger partial charge on any atom is -0.135 e. The second-order valence-corrected chi connectivity index (χ2v) is 7.67. The molecule has 0 aliphatic carbocycles. The largest absolute Gasteiger partial charge is 0.135 e. The number of thiophene rings is 1. The molecule has 0 fully saturated rings. The Hall–Kier alpha value is -2.90. The van der Waals surface area contributed by atoms with E-state index in [1.54, 1.807) is 0 Å². The molecule has 0 spiro atoms. The molecule has 1 heteroatoms. The SMILES string of the molecule is c1ccc2c(c1)ccc1ccc3ccc4sc5ccccc5c4c3c12. The molecule has 0 atom stereocenters. The molecule has 0 nitrogen and oxygen atoms in total. The van der Waals surface area contributed by atoms with Crippen LogP contribution < -0.4 is 0 Å². The molecule has 0 aliphatic rings. The first-order valence-corrected chi connectivity index (χ1v) is 9.36. The third-order valence-corrected chi connectivity index (χ3v) is 6.37. The Morgan fingerprint density at radius 2 is 1.04 bits per heavy atom. The van der Waals surface area contributed by atoms with Crippen LogP contribution in [0.3, 0.4) is 0 Å². The second-order valence-electron chi connectivity index (χ2n) is 6.59. The molecule has 6 rings (SSSR count). The van der Waals surface area contributed by atoms with Crippen molar-refractivity contribution in [2.24, 2.45) is 0 Å². The summed E-state index contributed by atoms with van der Waals surface area (Å²) < 4.78 is 2.73. The summed E-state index contributed by atoms with van der Waals surface area (Å²) >= 11 is 1.89. The van der Waals surface area contributed by atoms with Crippen LogP contribution in [0.2, 0.25) is 0 Å². The van der Waals surface area contributed by atoms with Gasteiger partial charge in [0.2, 0.25) is 0 Å². The van der Waals surface area contributed by atoms with E-state index in [1.807, 2.05) is 11.3 Å². The van der Waals surface area contributed by atoms with Gasteiger partial charge in [0, 0.05) is 20.2 Å². The van der Waals surface area contributed by atoms with Crippen molar-refractivity contribution in [1.82, 2.24) is 0 Å². The van der Waals surface area contributed by atoms with Gasteiger partial charge in [0.15, 0.2) is 0 Å². The van der Waals surface area contributed by atoms with Crippen molar-refractivity contribution in [1.29, 1.82) is 0 Å². The molecule has 0 aliphatic heterocycles. The van der Waals surface area contributed by atoms with E-state index in [0.29, 0.717) is 0 Å². The van der Waals surface area contributed by atoms with E-state index in [1.165, 1.54) is 52.5 Å². The van der Waals surface area contributed by atoms with E-state index in [4.69, 9.17) is 0 Å². The fourth-order valence-corrected chi connectivity index (χ4v) is 5.24. The van der Waals surface area contributed by atoms with Crippen LogP contribution in [0.4, 0.5) is 0 Å². The van der Waals surface area contributed by atoms with Gasteiger partial charge < -0.3 is 0 Å². The predicted octanol–water partition coefficient (Wildman–Crippen LogP) is 7.51. The van der Waals surface area contributed by atoms with Gasteiger partial charge in [-0.1, -0.05) is 72.8 Å². The van der Waals surface area contributed by atoms with Crippen LogP contribution in [0.25, 0.3) is 52.5 Å². The van der Waals surface area contributed by atoms with Crippen molar-refractivity contribution in [3.8, 4) is 0 Å². The Morgan fingerprint density at radius 1 is 0.400 bits per heavy atom. The predicted molar refractivity (Wildman–Crippen MR) is 112 cm³/mol. The number of hydrogen-bond donors (Lipinski definition) is 0. The smallest absolute Gasteiger partial charge is 0.0362 e. The highest BCUT2D eigenvalue weighted by Crippen LogP contribution is 2.42. The number of hydrogen-bond acceptors (Lipinski definition) is 1. The normalized spacial score (nSPS) is 12.0. The minimum atomic E-state index is 1.30. The van der Waals surface area contributed by atoms with Gasteiger partial charge in [0.1, 0.15) is 0 Å². The fourth-order valence-electron chi connectivity index (χ4n) is 4.13. The van der Waals surface area contributed by atoms with Gasteiger partial charge in [-0.3, -0.25) is 0 Å². The molecule has 1 aromatic heterocycles. The molecule has 0 unspecified atom stereocenters. The molecular weight excluding hydrogens is 320 g/mol. The quantitative estimate of drug-likeness (QED) is 0.252. The maximum absolute atomic E-state index is 2.28. The Bertz CT molecular complexity index is 1430. The standard InChI is InChI=1S/C24H14S/c1-2-6-18-15(5-1)9-10-16-11-12-17-13-14-21-24(23(17)22(16)18)19-7-3-4-8-20(19)25-21/h1-14H. The van der Waals surface area contributed by atoms with Crippen LogP contribution in [0.15, 0.2) is 84.9 Å². The highest BCUT2D eigenvalue weighted by atomic mass is 32.1. The van der Waals surface area contributed by atoms with Crippen LogP contribution in [0.5, 0.6) is 0 Å². The van der Waals surface area contributed by atoms with E-state index < -0.39 is 0 Å². The molecule has 0 bridgehead atoms. The third kappa shape index (κ3) is 1.76. The van der Waals surface area contributed by atoms with Crippen molar-refractivity contribution >= 4 is 63.8 Å². The van der Waals surface area contributed by atoms with E-state index >= 15 is 0 Å². The first-order valence-electron chi connectivity index (χ1n) is 8.54. The van der Waals surface area contributed by atoms with Gasteiger partial charge in [-0.15, -0.1) is 11.3 Å². The monoisotopic (exact) mass is 334 g/mol. The van der Waals surface area contributed by atoms with Crippen LogP contribution in [0.1, 0.15) is 0 Å². The van der Waals surface area contributed by atoms with E-state index in [9.17, 15) is 0 Å². The topological polar surface area (TPSA) is 0 Å². The average Bonchev–Trinajstić information content (AvgIpc) is 3.06. The summed E-state index contributed by atoms with van der Waals surface area (Å²) in [7, 11) is 0. The lowest BCUT2D eigenvalue weighted by atomic mass is 9.94. The lowest BCUT2D eigenvalue weighted by Gasteiger charge is -2.09. The van der Waals surface area contributed by atoms with Crippen molar-refractivity contribution in [3.63, 3.8) is 0 Å². The maximum Gasteiger partial charge on any atom is 0.0362 e. The summed E-state index contributed by atoms with van der Waals surface area (Å²) in [5.41, 5.74) is 0. The summed E-state index contributed by atoms with van der Waals surface area (Å²) in [6.45, 7) is 0. The highest BCUT2D eigenvalue weighted by Gasteiger charge is 2.12. The van der Waals surface area contributed by atoms with Gasteiger partial charge >= 0.3 is 0 Å². The molecule has 25 heavy (non-hydrogen) atoms.